The third kappa shape index (κ3) is 10.6. The molecule has 2 saturated heterocycles. The lowest BCUT2D eigenvalue weighted by Gasteiger charge is -2.41. The minimum Gasteiger partial charge on any atom is -0.457 e. The Labute approximate surface area is 340 Å². The predicted molar refractivity (Wildman–Crippen MR) is 227 cm³/mol. The van der Waals surface area contributed by atoms with Crippen LogP contribution in [0.15, 0.2) is 158 Å². The molecule has 3 atom stereocenters. The second-order valence-corrected chi connectivity index (χ2v) is 15.0. The molecular weight excluding hydrogens is 725 g/mol. The van der Waals surface area contributed by atoms with Crippen LogP contribution in [0.3, 0.4) is 0 Å². The highest BCUT2D eigenvalue weighted by atomic mass is 16.7. The van der Waals surface area contributed by atoms with Gasteiger partial charge in [-0.3, -0.25) is 9.80 Å². The number of aliphatic hydroxyl groups is 1. The fourth-order valence-corrected chi connectivity index (χ4v) is 7.61. The van der Waals surface area contributed by atoms with E-state index in [1.165, 1.54) is 5.56 Å². The summed E-state index contributed by atoms with van der Waals surface area (Å²) >= 11 is 0. The van der Waals surface area contributed by atoms with Gasteiger partial charge in [0.1, 0.15) is 11.5 Å². The maximum Gasteiger partial charge on any atom is 0.319 e. The standard InChI is InChI=1S/C49H50N4O5/c54-35-37-17-19-39(20-18-37)47-31-46(34-53-27-25-52(26-28-53)33-36-9-3-1-4-10-36)57-48(58-47)42-14-8-13-41(30-42)40-12-7-11-38(29-40)32-50-49(55)51-43-21-23-45(24-22-43)56-44-15-5-2-6-16-44/h1-24,29-30,46-48,54H,25-28,31-35H2,(H2,50,51,55)/t46-,47+,48+/m0/s1. The molecule has 0 aromatic heterocycles. The number of urea groups is 1. The summed E-state index contributed by atoms with van der Waals surface area (Å²) in [7, 11) is 0. The van der Waals surface area contributed by atoms with Crippen molar-refractivity contribution in [3.8, 4) is 22.6 Å². The number of aliphatic hydroxyl groups excluding tert-OH is 1. The van der Waals surface area contributed by atoms with Gasteiger partial charge in [0.05, 0.1) is 18.8 Å². The maximum absolute atomic E-state index is 12.8. The van der Waals surface area contributed by atoms with Crippen molar-refractivity contribution < 1.29 is 24.1 Å². The summed E-state index contributed by atoms with van der Waals surface area (Å²) < 4.78 is 19.4. The smallest absolute Gasteiger partial charge is 0.319 e. The molecule has 6 aromatic rings. The zero-order chi connectivity index (χ0) is 39.5. The number of benzene rings is 6. The molecule has 9 nitrogen and oxygen atoms in total. The van der Waals surface area contributed by atoms with E-state index in [0.717, 1.165) is 84.8 Å². The van der Waals surface area contributed by atoms with Gasteiger partial charge in [-0.1, -0.05) is 109 Å². The molecule has 296 valence electrons. The number of hydrogen-bond acceptors (Lipinski definition) is 7. The molecule has 0 spiro atoms. The third-order valence-corrected chi connectivity index (χ3v) is 10.8. The number of anilines is 1. The Morgan fingerprint density at radius 1 is 0.638 bits per heavy atom. The van der Waals surface area contributed by atoms with Gasteiger partial charge in [0, 0.05) is 63.5 Å². The molecule has 0 bridgehead atoms. The number of ether oxygens (including phenoxy) is 3. The molecule has 2 aliphatic heterocycles. The Bertz CT molecular complexity index is 2210. The summed E-state index contributed by atoms with van der Waals surface area (Å²) in [5.74, 6) is 1.45. The summed E-state index contributed by atoms with van der Waals surface area (Å²) in [5.41, 5.74) is 7.98. The summed E-state index contributed by atoms with van der Waals surface area (Å²) in [5, 5.41) is 15.5. The van der Waals surface area contributed by atoms with Gasteiger partial charge in [0.25, 0.3) is 0 Å². The van der Waals surface area contributed by atoms with Gasteiger partial charge in [0.15, 0.2) is 6.29 Å². The number of piperazine rings is 1. The quantitative estimate of drug-likeness (QED) is 0.108. The lowest BCUT2D eigenvalue weighted by Crippen LogP contribution is -2.49. The van der Waals surface area contributed by atoms with Gasteiger partial charge in [-0.2, -0.15) is 0 Å². The van der Waals surface area contributed by atoms with Crippen LogP contribution in [-0.4, -0.2) is 59.8 Å². The van der Waals surface area contributed by atoms with Gasteiger partial charge in [-0.15, -0.1) is 0 Å². The SMILES string of the molecule is O=C(NCc1cccc(-c2cccc([C@@H]3O[C@H](CN4CCN(Cc5ccccc5)CC4)C[C@H](c4ccc(CO)cc4)O3)c2)c1)Nc1ccc(Oc2ccccc2)cc1. The van der Waals surface area contributed by atoms with Crippen molar-refractivity contribution in [2.45, 2.75) is 44.6 Å². The molecule has 3 N–H and O–H groups in total. The van der Waals surface area contributed by atoms with Crippen LogP contribution in [0.25, 0.3) is 11.1 Å². The van der Waals surface area contributed by atoms with E-state index in [-0.39, 0.29) is 24.8 Å². The Kier molecular flexibility index (Phi) is 12.8. The van der Waals surface area contributed by atoms with Gasteiger partial charge in [-0.05, 0) is 81.9 Å². The predicted octanol–water partition coefficient (Wildman–Crippen LogP) is 9.32. The first kappa shape index (κ1) is 39.0. The molecule has 0 saturated carbocycles. The number of nitrogens with one attached hydrogen (secondary N) is 2. The number of amides is 2. The number of para-hydroxylation sites is 1. The minimum absolute atomic E-state index is 0.00809. The van der Waals surface area contributed by atoms with E-state index in [1.807, 2.05) is 84.9 Å². The average Bonchev–Trinajstić information content (AvgIpc) is 3.28. The molecule has 9 heteroatoms. The zero-order valence-corrected chi connectivity index (χ0v) is 32.6. The molecule has 2 heterocycles. The monoisotopic (exact) mass is 774 g/mol. The zero-order valence-electron chi connectivity index (χ0n) is 32.6. The highest BCUT2D eigenvalue weighted by molar-refractivity contribution is 5.89. The van der Waals surface area contributed by atoms with Gasteiger partial charge < -0.3 is 30.0 Å². The van der Waals surface area contributed by atoms with Crippen molar-refractivity contribution in [1.29, 1.82) is 0 Å². The molecule has 2 fully saturated rings. The van der Waals surface area contributed by atoms with E-state index < -0.39 is 6.29 Å². The van der Waals surface area contributed by atoms with Gasteiger partial charge in [0.2, 0.25) is 0 Å². The van der Waals surface area contributed by atoms with E-state index in [2.05, 4.69) is 93.2 Å². The molecule has 0 aliphatic carbocycles. The fourth-order valence-electron chi connectivity index (χ4n) is 7.61. The van der Waals surface area contributed by atoms with E-state index in [1.54, 1.807) is 0 Å². The first-order valence-electron chi connectivity index (χ1n) is 20.1. The van der Waals surface area contributed by atoms with E-state index in [4.69, 9.17) is 14.2 Å². The molecule has 0 unspecified atom stereocenters. The average molecular weight is 775 g/mol. The van der Waals surface area contributed by atoms with Crippen LogP contribution in [-0.2, 0) is 29.2 Å². The molecule has 0 radical (unpaired) electrons. The third-order valence-electron chi connectivity index (χ3n) is 10.8. The molecule has 6 aromatic carbocycles. The Morgan fingerprint density at radius 3 is 2.03 bits per heavy atom. The molecule has 58 heavy (non-hydrogen) atoms. The van der Waals surface area contributed by atoms with Crippen molar-refractivity contribution in [3.05, 3.63) is 186 Å². The molecule has 8 rings (SSSR count). The van der Waals surface area contributed by atoms with E-state index in [9.17, 15) is 9.90 Å². The fraction of sp³-hybridized carbons (Fsp3) is 0.245. The highest BCUT2D eigenvalue weighted by Gasteiger charge is 2.34. The van der Waals surface area contributed by atoms with Crippen molar-refractivity contribution in [3.63, 3.8) is 0 Å². The normalized spacial score (nSPS) is 18.7. The summed E-state index contributed by atoms with van der Waals surface area (Å²) in [6.07, 6.45) is 0.0237. The number of carbonyl (C=O) groups excluding carboxylic acids is 1. The minimum atomic E-state index is -0.548. The Balaban J connectivity index is 0.901. The van der Waals surface area contributed by atoms with Crippen LogP contribution < -0.4 is 15.4 Å². The second-order valence-electron chi connectivity index (χ2n) is 15.0. The summed E-state index contributed by atoms with van der Waals surface area (Å²) in [6, 6.07) is 51.9. The van der Waals surface area contributed by atoms with Crippen molar-refractivity contribution in [1.82, 2.24) is 15.1 Å². The lowest BCUT2D eigenvalue weighted by atomic mass is 9.98. The topological polar surface area (TPSA) is 95.5 Å². The maximum atomic E-state index is 12.8. The Morgan fingerprint density at radius 2 is 1.29 bits per heavy atom. The first-order chi connectivity index (χ1) is 28.5. The summed E-state index contributed by atoms with van der Waals surface area (Å²) in [4.78, 5) is 17.9. The largest absolute Gasteiger partial charge is 0.457 e. The van der Waals surface area contributed by atoms with E-state index in [0.29, 0.717) is 18.0 Å². The van der Waals surface area contributed by atoms with Crippen LogP contribution in [0.4, 0.5) is 10.5 Å². The summed E-state index contributed by atoms with van der Waals surface area (Å²) in [6.45, 7) is 6.21. The van der Waals surface area contributed by atoms with Crippen LogP contribution in [0.2, 0.25) is 0 Å². The number of carbonyl (C=O) groups is 1. The van der Waals surface area contributed by atoms with Crippen LogP contribution in [0.1, 0.15) is 46.6 Å². The number of hydrogen-bond donors (Lipinski definition) is 3. The number of rotatable bonds is 13. The lowest BCUT2D eigenvalue weighted by molar-refractivity contribution is -0.253. The van der Waals surface area contributed by atoms with Gasteiger partial charge >= 0.3 is 6.03 Å². The second kappa shape index (κ2) is 19.1. The molecule has 2 amide bonds. The van der Waals surface area contributed by atoms with Crippen LogP contribution >= 0.6 is 0 Å². The van der Waals surface area contributed by atoms with Crippen molar-refractivity contribution >= 4 is 11.7 Å². The number of nitrogens with zero attached hydrogens (tertiary/aromatic N) is 2. The van der Waals surface area contributed by atoms with Gasteiger partial charge in [-0.25, -0.2) is 4.79 Å². The van der Waals surface area contributed by atoms with E-state index >= 15 is 0 Å². The van der Waals surface area contributed by atoms with Crippen molar-refractivity contribution in [2.24, 2.45) is 0 Å². The van der Waals surface area contributed by atoms with Crippen LogP contribution in [0, 0.1) is 0 Å². The first-order valence-corrected chi connectivity index (χ1v) is 20.1. The highest BCUT2D eigenvalue weighted by Crippen LogP contribution is 2.39. The Hall–Kier alpha value is -5.81. The van der Waals surface area contributed by atoms with Crippen LogP contribution in [0.5, 0.6) is 11.5 Å². The molecular formula is C49H50N4O5. The van der Waals surface area contributed by atoms with Crippen molar-refractivity contribution in [2.75, 3.05) is 38.0 Å². The molecule has 2 aliphatic rings.